The van der Waals surface area contributed by atoms with Gasteiger partial charge in [-0.3, -0.25) is 14.3 Å². The van der Waals surface area contributed by atoms with Crippen LogP contribution >= 0.6 is 11.8 Å². The van der Waals surface area contributed by atoms with E-state index in [1.54, 1.807) is 35.9 Å². The van der Waals surface area contributed by atoms with E-state index in [0.717, 1.165) is 42.0 Å². The number of aryl methyl sites for hydroxylation is 2. The van der Waals surface area contributed by atoms with Crippen molar-refractivity contribution in [1.29, 1.82) is 0 Å². The van der Waals surface area contributed by atoms with Crippen LogP contribution in [0.15, 0.2) is 35.5 Å². The summed E-state index contributed by atoms with van der Waals surface area (Å²) in [5.74, 6) is 0.417. The summed E-state index contributed by atoms with van der Waals surface area (Å²) in [6, 6.07) is 6.05. The van der Waals surface area contributed by atoms with Crippen molar-refractivity contribution >= 4 is 23.6 Å². The molecule has 1 N–H and O–H groups in total. The van der Waals surface area contributed by atoms with Gasteiger partial charge in [0.25, 0.3) is 11.8 Å². The minimum absolute atomic E-state index is 0.0916. The first-order valence-corrected chi connectivity index (χ1v) is 10.4. The van der Waals surface area contributed by atoms with Crippen LogP contribution in [-0.2, 0) is 7.05 Å². The summed E-state index contributed by atoms with van der Waals surface area (Å²) in [7, 11) is 1.79. The molecule has 3 rings (SSSR count). The molecule has 1 aliphatic rings. The van der Waals surface area contributed by atoms with Crippen molar-refractivity contribution in [2.75, 3.05) is 25.9 Å². The van der Waals surface area contributed by atoms with Gasteiger partial charge < -0.3 is 10.2 Å². The van der Waals surface area contributed by atoms with Gasteiger partial charge in [0.05, 0.1) is 11.8 Å². The van der Waals surface area contributed by atoms with Gasteiger partial charge in [0.1, 0.15) is 0 Å². The topological polar surface area (TPSA) is 67.2 Å². The van der Waals surface area contributed by atoms with Gasteiger partial charge in [0, 0.05) is 43.3 Å². The lowest BCUT2D eigenvalue weighted by atomic mass is 9.95. The molecule has 1 fully saturated rings. The van der Waals surface area contributed by atoms with Gasteiger partial charge in [0.2, 0.25) is 0 Å². The summed E-state index contributed by atoms with van der Waals surface area (Å²) < 4.78 is 1.62. The van der Waals surface area contributed by atoms with Crippen molar-refractivity contribution < 1.29 is 9.59 Å². The molecule has 1 aliphatic heterocycles. The maximum absolute atomic E-state index is 12.9. The molecule has 1 saturated heterocycles. The Balaban J connectivity index is 1.51. The van der Waals surface area contributed by atoms with Gasteiger partial charge in [0.15, 0.2) is 0 Å². The molecule has 144 valence electrons. The van der Waals surface area contributed by atoms with Crippen LogP contribution in [0.3, 0.4) is 0 Å². The standard InChI is InChI=1S/C20H26N4O2S/c1-14-4-5-17(27-3)10-18(14)20(26)24-8-6-15(7-9-24)11-21-19(25)16-12-22-23(2)13-16/h4-5,10,12-13,15H,6-9,11H2,1-3H3,(H,21,25). The second-order valence-electron chi connectivity index (χ2n) is 7.03. The molecule has 27 heavy (non-hydrogen) atoms. The summed E-state index contributed by atoms with van der Waals surface area (Å²) in [6.07, 6.45) is 7.11. The van der Waals surface area contributed by atoms with Crippen molar-refractivity contribution in [2.45, 2.75) is 24.7 Å². The van der Waals surface area contributed by atoms with E-state index in [4.69, 9.17) is 0 Å². The monoisotopic (exact) mass is 386 g/mol. The number of amides is 2. The molecule has 0 spiro atoms. The number of thioether (sulfide) groups is 1. The van der Waals surface area contributed by atoms with E-state index in [0.29, 0.717) is 18.0 Å². The molecule has 1 aromatic carbocycles. The summed E-state index contributed by atoms with van der Waals surface area (Å²) in [5.41, 5.74) is 2.39. The Hall–Kier alpha value is -2.28. The molecule has 0 bridgehead atoms. The number of likely N-dealkylation sites (tertiary alicyclic amines) is 1. The van der Waals surface area contributed by atoms with Crippen LogP contribution < -0.4 is 5.32 Å². The van der Waals surface area contributed by atoms with E-state index in [-0.39, 0.29) is 11.8 Å². The predicted octanol–water partition coefficient (Wildman–Crippen LogP) is 2.73. The molecule has 2 aromatic rings. The van der Waals surface area contributed by atoms with E-state index in [2.05, 4.69) is 10.4 Å². The number of piperidine rings is 1. The van der Waals surface area contributed by atoms with E-state index in [9.17, 15) is 9.59 Å². The highest BCUT2D eigenvalue weighted by molar-refractivity contribution is 7.98. The molecule has 2 amide bonds. The van der Waals surface area contributed by atoms with Gasteiger partial charge in [-0.15, -0.1) is 11.8 Å². The Bertz CT molecular complexity index is 825. The summed E-state index contributed by atoms with van der Waals surface area (Å²) >= 11 is 1.65. The molecular formula is C20H26N4O2S. The first-order chi connectivity index (χ1) is 13.0. The zero-order valence-corrected chi connectivity index (χ0v) is 16.9. The van der Waals surface area contributed by atoms with Gasteiger partial charge in [-0.05, 0) is 49.6 Å². The molecule has 0 saturated carbocycles. The van der Waals surface area contributed by atoms with Crippen LogP contribution in [0, 0.1) is 12.8 Å². The molecule has 0 atom stereocenters. The molecule has 2 heterocycles. The number of nitrogens with zero attached hydrogens (tertiary/aromatic N) is 3. The fourth-order valence-corrected chi connectivity index (χ4v) is 3.79. The zero-order valence-electron chi connectivity index (χ0n) is 16.1. The quantitative estimate of drug-likeness (QED) is 0.803. The normalized spacial score (nSPS) is 15.0. The van der Waals surface area contributed by atoms with E-state index in [1.807, 2.05) is 36.3 Å². The number of hydrogen-bond acceptors (Lipinski definition) is 4. The van der Waals surface area contributed by atoms with Crippen LogP contribution in [0.1, 0.15) is 39.1 Å². The number of carbonyl (C=O) groups is 2. The summed E-state index contributed by atoms with van der Waals surface area (Å²) in [4.78, 5) is 28.1. The SMILES string of the molecule is CSc1ccc(C)c(C(=O)N2CCC(CNC(=O)c3cnn(C)c3)CC2)c1. The van der Waals surface area contributed by atoms with Crippen LogP contribution in [0.4, 0.5) is 0 Å². The first kappa shape index (κ1) is 19.5. The lowest BCUT2D eigenvalue weighted by molar-refractivity contribution is 0.0683. The highest BCUT2D eigenvalue weighted by Gasteiger charge is 2.25. The summed E-state index contributed by atoms with van der Waals surface area (Å²) in [5, 5.41) is 7.00. The van der Waals surface area contributed by atoms with Gasteiger partial charge in [-0.1, -0.05) is 6.07 Å². The fourth-order valence-electron chi connectivity index (χ4n) is 3.35. The van der Waals surface area contributed by atoms with Crippen LogP contribution in [-0.4, -0.2) is 52.4 Å². The van der Waals surface area contributed by atoms with Crippen molar-refractivity contribution in [3.63, 3.8) is 0 Å². The first-order valence-electron chi connectivity index (χ1n) is 9.18. The van der Waals surface area contributed by atoms with E-state index in [1.165, 1.54) is 0 Å². The Kier molecular flexibility index (Phi) is 6.21. The average Bonchev–Trinajstić information content (AvgIpc) is 3.13. The lowest BCUT2D eigenvalue weighted by Crippen LogP contribution is -2.41. The third-order valence-corrected chi connectivity index (χ3v) is 5.82. The molecule has 0 radical (unpaired) electrons. The number of carbonyl (C=O) groups excluding carboxylic acids is 2. The second-order valence-corrected chi connectivity index (χ2v) is 7.91. The number of hydrogen-bond donors (Lipinski definition) is 1. The summed E-state index contributed by atoms with van der Waals surface area (Å²) in [6.45, 7) is 4.08. The average molecular weight is 387 g/mol. The molecule has 7 heteroatoms. The molecule has 0 unspecified atom stereocenters. The smallest absolute Gasteiger partial charge is 0.254 e. The highest BCUT2D eigenvalue weighted by atomic mass is 32.2. The van der Waals surface area contributed by atoms with E-state index >= 15 is 0 Å². The van der Waals surface area contributed by atoms with Crippen LogP contribution in [0.25, 0.3) is 0 Å². The Morgan fingerprint density at radius 2 is 2.04 bits per heavy atom. The van der Waals surface area contributed by atoms with Gasteiger partial charge in [-0.2, -0.15) is 5.10 Å². The van der Waals surface area contributed by atoms with Crippen LogP contribution in [0.5, 0.6) is 0 Å². The number of rotatable bonds is 5. The van der Waals surface area contributed by atoms with Gasteiger partial charge in [-0.25, -0.2) is 0 Å². The van der Waals surface area contributed by atoms with Crippen molar-refractivity contribution in [2.24, 2.45) is 13.0 Å². The van der Waals surface area contributed by atoms with E-state index < -0.39 is 0 Å². The third-order valence-electron chi connectivity index (χ3n) is 5.10. The molecule has 0 aliphatic carbocycles. The highest BCUT2D eigenvalue weighted by Crippen LogP contribution is 2.23. The Morgan fingerprint density at radius 3 is 2.67 bits per heavy atom. The zero-order chi connectivity index (χ0) is 19.4. The number of aromatic nitrogens is 2. The predicted molar refractivity (Wildman–Crippen MR) is 107 cm³/mol. The Labute approximate surface area is 164 Å². The van der Waals surface area contributed by atoms with Crippen molar-refractivity contribution in [1.82, 2.24) is 20.0 Å². The Morgan fingerprint density at radius 1 is 1.30 bits per heavy atom. The minimum Gasteiger partial charge on any atom is -0.352 e. The maximum Gasteiger partial charge on any atom is 0.254 e. The third kappa shape index (κ3) is 4.71. The van der Waals surface area contributed by atoms with Crippen molar-refractivity contribution in [3.05, 3.63) is 47.3 Å². The lowest BCUT2D eigenvalue weighted by Gasteiger charge is -2.32. The number of benzene rings is 1. The molecule has 1 aromatic heterocycles. The van der Waals surface area contributed by atoms with Crippen molar-refractivity contribution in [3.8, 4) is 0 Å². The van der Waals surface area contributed by atoms with Gasteiger partial charge >= 0.3 is 0 Å². The van der Waals surface area contributed by atoms with Crippen LogP contribution in [0.2, 0.25) is 0 Å². The maximum atomic E-state index is 12.9. The molecular weight excluding hydrogens is 360 g/mol. The minimum atomic E-state index is -0.0916. The largest absolute Gasteiger partial charge is 0.352 e. The number of nitrogens with one attached hydrogen (secondary N) is 1. The molecule has 6 nitrogen and oxygen atoms in total. The second kappa shape index (κ2) is 8.61. The fraction of sp³-hybridized carbons (Fsp3) is 0.450.